The molecule has 1 aromatic rings. The molecule has 2 aliphatic rings. The van der Waals surface area contributed by atoms with Crippen LogP contribution in [0.2, 0.25) is 0 Å². The average molecular weight is 326 g/mol. The number of aryl methyl sites for hydroxylation is 2. The molecule has 3 heterocycles. The molecule has 1 N–H and O–H groups in total. The number of likely N-dealkylation sites (tertiary alicyclic amines) is 1. The lowest BCUT2D eigenvalue weighted by atomic mass is 10.2. The summed E-state index contributed by atoms with van der Waals surface area (Å²) < 4.78 is 0. The summed E-state index contributed by atoms with van der Waals surface area (Å²) in [5.41, 5.74) is 1.42. The van der Waals surface area contributed by atoms with E-state index in [4.69, 9.17) is 0 Å². The summed E-state index contributed by atoms with van der Waals surface area (Å²) in [6, 6.07) is 0.503. The highest BCUT2D eigenvalue weighted by Gasteiger charge is 2.32. The molecular formula is C15H24ClN5O. The highest BCUT2D eigenvalue weighted by molar-refractivity contribution is 5.95. The lowest BCUT2D eigenvalue weighted by Crippen LogP contribution is -2.49. The number of rotatable bonds is 2. The molecule has 0 aliphatic carbocycles. The van der Waals surface area contributed by atoms with Crippen LogP contribution in [0.5, 0.6) is 0 Å². The van der Waals surface area contributed by atoms with Gasteiger partial charge in [-0.2, -0.15) is 0 Å². The second-order valence-corrected chi connectivity index (χ2v) is 5.90. The number of piperazine rings is 1. The zero-order chi connectivity index (χ0) is 14.8. The van der Waals surface area contributed by atoms with Gasteiger partial charge in [-0.15, -0.1) is 12.4 Å². The van der Waals surface area contributed by atoms with Crippen molar-refractivity contribution in [2.75, 3.05) is 39.3 Å². The fraction of sp³-hybridized carbons (Fsp3) is 0.667. The van der Waals surface area contributed by atoms with Gasteiger partial charge in [-0.1, -0.05) is 0 Å². The summed E-state index contributed by atoms with van der Waals surface area (Å²) in [4.78, 5) is 25.5. The SMILES string of the molecule is Cc1ncc(C(=O)N2CCC(N3CCNCC3)C2)c(C)n1.Cl. The molecule has 1 atom stereocenters. The van der Waals surface area contributed by atoms with Crippen LogP contribution in [0.25, 0.3) is 0 Å². The van der Waals surface area contributed by atoms with Gasteiger partial charge in [0, 0.05) is 51.5 Å². The monoisotopic (exact) mass is 325 g/mol. The lowest BCUT2D eigenvalue weighted by molar-refractivity contribution is 0.0771. The number of hydrogen-bond donors (Lipinski definition) is 1. The van der Waals surface area contributed by atoms with Crippen LogP contribution in [-0.2, 0) is 0 Å². The fourth-order valence-corrected chi connectivity index (χ4v) is 3.24. The smallest absolute Gasteiger partial charge is 0.257 e. The minimum atomic E-state index is 0. The van der Waals surface area contributed by atoms with Crippen LogP contribution in [0.3, 0.4) is 0 Å². The lowest BCUT2D eigenvalue weighted by Gasteiger charge is -2.32. The first kappa shape index (κ1) is 17.1. The molecule has 0 bridgehead atoms. The first-order chi connectivity index (χ1) is 10.1. The van der Waals surface area contributed by atoms with E-state index in [1.807, 2.05) is 18.7 Å². The molecule has 1 aromatic heterocycles. The number of carbonyl (C=O) groups is 1. The standard InChI is InChI=1S/C15H23N5O.ClH/c1-11-14(9-17-12(2)18-11)15(21)20-6-3-13(10-20)19-7-4-16-5-8-19;/h9,13,16H,3-8,10H2,1-2H3;1H. The van der Waals surface area contributed by atoms with Gasteiger partial charge >= 0.3 is 0 Å². The third kappa shape index (κ3) is 3.56. The number of halogens is 1. The summed E-state index contributed by atoms with van der Waals surface area (Å²) in [6.45, 7) is 9.65. The largest absolute Gasteiger partial charge is 0.337 e. The molecule has 1 amide bonds. The van der Waals surface area contributed by atoms with Crippen molar-refractivity contribution in [1.82, 2.24) is 25.1 Å². The molecule has 3 rings (SSSR count). The average Bonchev–Trinajstić information content (AvgIpc) is 2.97. The molecule has 2 saturated heterocycles. The van der Waals surface area contributed by atoms with E-state index in [-0.39, 0.29) is 18.3 Å². The molecule has 2 fully saturated rings. The molecular weight excluding hydrogens is 302 g/mol. The Morgan fingerprint density at radius 3 is 2.68 bits per heavy atom. The fourth-order valence-electron chi connectivity index (χ4n) is 3.24. The van der Waals surface area contributed by atoms with Crippen LogP contribution in [0.1, 0.15) is 28.3 Å². The Morgan fingerprint density at radius 2 is 2.00 bits per heavy atom. The summed E-state index contributed by atoms with van der Waals surface area (Å²) in [7, 11) is 0. The van der Waals surface area contributed by atoms with Crippen molar-refractivity contribution in [3.05, 3.63) is 23.3 Å². The third-order valence-corrected chi connectivity index (χ3v) is 4.45. The molecule has 1 unspecified atom stereocenters. The van der Waals surface area contributed by atoms with Gasteiger partial charge in [0.15, 0.2) is 0 Å². The van der Waals surface area contributed by atoms with E-state index in [1.165, 1.54) is 0 Å². The second kappa shape index (κ2) is 7.35. The maximum Gasteiger partial charge on any atom is 0.257 e. The quantitative estimate of drug-likeness (QED) is 0.864. The first-order valence-corrected chi connectivity index (χ1v) is 7.69. The Labute approximate surface area is 137 Å². The van der Waals surface area contributed by atoms with Crippen LogP contribution in [-0.4, -0.2) is 71.0 Å². The highest BCUT2D eigenvalue weighted by atomic mass is 35.5. The molecule has 0 spiro atoms. The van der Waals surface area contributed by atoms with Crippen molar-refractivity contribution in [2.24, 2.45) is 0 Å². The zero-order valence-corrected chi connectivity index (χ0v) is 14.0. The molecule has 22 heavy (non-hydrogen) atoms. The third-order valence-electron chi connectivity index (χ3n) is 4.45. The molecule has 0 aromatic carbocycles. The molecule has 6 nitrogen and oxygen atoms in total. The second-order valence-electron chi connectivity index (χ2n) is 5.90. The van der Waals surface area contributed by atoms with Gasteiger partial charge in [-0.05, 0) is 20.3 Å². The number of carbonyl (C=O) groups excluding carboxylic acids is 1. The van der Waals surface area contributed by atoms with Crippen molar-refractivity contribution < 1.29 is 4.79 Å². The molecule has 122 valence electrons. The molecule has 0 saturated carbocycles. The summed E-state index contributed by atoms with van der Waals surface area (Å²) >= 11 is 0. The van der Waals surface area contributed by atoms with E-state index >= 15 is 0 Å². The summed E-state index contributed by atoms with van der Waals surface area (Å²) in [5, 5.41) is 3.37. The van der Waals surface area contributed by atoms with E-state index in [9.17, 15) is 4.79 Å². The molecule has 0 radical (unpaired) electrons. The van der Waals surface area contributed by atoms with E-state index < -0.39 is 0 Å². The maximum absolute atomic E-state index is 12.6. The normalized spacial score (nSPS) is 22.5. The van der Waals surface area contributed by atoms with Crippen molar-refractivity contribution in [3.8, 4) is 0 Å². The number of nitrogens with zero attached hydrogens (tertiary/aromatic N) is 4. The Kier molecular flexibility index (Phi) is 5.72. The minimum absolute atomic E-state index is 0. The number of hydrogen-bond acceptors (Lipinski definition) is 5. The summed E-state index contributed by atoms with van der Waals surface area (Å²) in [5.74, 6) is 0.786. The van der Waals surface area contributed by atoms with Crippen LogP contribution in [0.4, 0.5) is 0 Å². The van der Waals surface area contributed by atoms with Crippen molar-refractivity contribution in [2.45, 2.75) is 26.3 Å². The van der Waals surface area contributed by atoms with Crippen molar-refractivity contribution >= 4 is 18.3 Å². The van der Waals surface area contributed by atoms with E-state index in [0.29, 0.717) is 17.4 Å². The van der Waals surface area contributed by atoms with Crippen molar-refractivity contribution in [1.29, 1.82) is 0 Å². The van der Waals surface area contributed by atoms with E-state index in [0.717, 1.165) is 51.4 Å². The van der Waals surface area contributed by atoms with Gasteiger partial charge in [-0.3, -0.25) is 9.69 Å². The van der Waals surface area contributed by atoms with E-state index in [2.05, 4.69) is 20.2 Å². The van der Waals surface area contributed by atoms with Gasteiger partial charge < -0.3 is 10.2 Å². The Hall–Kier alpha value is -1.24. The van der Waals surface area contributed by atoms with Crippen LogP contribution >= 0.6 is 12.4 Å². The Morgan fingerprint density at radius 1 is 1.27 bits per heavy atom. The number of amides is 1. The molecule has 7 heteroatoms. The van der Waals surface area contributed by atoms with Gasteiger partial charge in [0.05, 0.1) is 11.3 Å². The minimum Gasteiger partial charge on any atom is -0.337 e. The Bertz CT molecular complexity index is 533. The van der Waals surface area contributed by atoms with Crippen LogP contribution in [0, 0.1) is 13.8 Å². The predicted octanol–water partition coefficient (Wildman–Crippen LogP) is 0.635. The zero-order valence-electron chi connectivity index (χ0n) is 13.2. The van der Waals surface area contributed by atoms with E-state index in [1.54, 1.807) is 6.20 Å². The summed E-state index contributed by atoms with van der Waals surface area (Å²) in [6.07, 6.45) is 2.73. The highest BCUT2D eigenvalue weighted by Crippen LogP contribution is 2.19. The number of aromatic nitrogens is 2. The first-order valence-electron chi connectivity index (χ1n) is 7.69. The Balaban J connectivity index is 0.00000176. The van der Waals surface area contributed by atoms with Crippen LogP contribution < -0.4 is 5.32 Å². The van der Waals surface area contributed by atoms with Gasteiger partial charge in [0.25, 0.3) is 5.91 Å². The molecule has 2 aliphatic heterocycles. The van der Waals surface area contributed by atoms with Gasteiger partial charge in [0.1, 0.15) is 5.82 Å². The van der Waals surface area contributed by atoms with Gasteiger partial charge in [0.2, 0.25) is 0 Å². The van der Waals surface area contributed by atoms with Gasteiger partial charge in [-0.25, -0.2) is 9.97 Å². The van der Waals surface area contributed by atoms with Crippen LogP contribution in [0.15, 0.2) is 6.20 Å². The van der Waals surface area contributed by atoms with Crippen molar-refractivity contribution in [3.63, 3.8) is 0 Å². The number of nitrogens with one attached hydrogen (secondary N) is 1. The topological polar surface area (TPSA) is 61.4 Å². The maximum atomic E-state index is 12.6. The predicted molar refractivity (Wildman–Crippen MR) is 87.5 cm³/mol.